The van der Waals surface area contributed by atoms with Gasteiger partial charge < -0.3 is 10.5 Å². The number of nitrogens with two attached hydrogens (primary N) is 1. The molecule has 0 aliphatic carbocycles. The number of hydrazine groups is 1. The highest BCUT2D eigenvalue weighted by atomic mass is 35.5. The lowest BCUT2D eigenvalue weighted by Crippen LogP contribution is -2.44. The van der Waals surface area contributed by atoms with Crippen molar-refractivity contribution in [2.45, 2.75) is 26.4 Å². The SMILES string of the molecule is CC(C)Oc1ccc(CC(=O)NNC(N)=S)cc1Cl. The number of amides is 1. The van der Waals surface area contributed by atoms with Gasteiger partial charge in [-0.15, -0.1) is 0 Å². The molecule has 1 amide bonds. The van der Waals surface area contributed by atoms with Gasteiger partial charge in [-0.2, -0.15) is 0 Å². The maximum absolute atomic E-state index is 11.5. The van der Waals surface area contributed by atoms with E-state index in [0.29, 0.717) is 10.8 Å². The van der Waals surface area contributed by atoms with E-state index in [1.807, 2.05) is 13.8 Å². The molecule has 1 aromatic rings. The van der Waals surface area contributed by atoms with Gasteiger partial charge in [0.05, 0.1) is 17.5 Å². The molecule has 0 unspecified atom stereocenters. The minimum atomic E-state index is -0.263. The molecular weight excluding hydrogens is 286 g/mol. The van der Waals surface area contributed by atoms with Gasteiger partial charge in [0, 0.05) is 0 Å². The first-order valence-corrected chi connectivity index (χ1v) is 6.46. The lowest BCUT2D eigenvalue weighted by atomic mass is 10.1. The summed E-state index contributed by atoms with van der Waals surface area (Å²) in [7, 11) is 0. The number of carbonyl (C=O) groups is 1. The first kappa shape index (κ1) is 15.5. The maximum atomic E-state index is 11.5. The van der Waals surface area contributed by atoms with Crippen LogP contribution in [-0.4, -0.2) is 17.1 Å². The maximum Gasteiger partial charge on any atom is 0.242 e. The minimum absolute atomic E-state index is 0.00654. The van der Waals surface area contributed by atoms with Gasteiger partial charge in [-0.25, -0.2) is 0 Å². The van der Waals surface area contributed by atoms with Crippen LogP contribution in [0.1, 0.15) is 19.4 Å². The molecule has 0 radical (unpaired) electrons. The summed E-state index contributed by atoms with van der Waals surface area (Å²) in [6.07, 6.45) is 0.207. The number of nitrogens with one attached hydrogen (secondary N) is 2. The molecular formula is C12H16ClN3O2S. The summed E-state index contributed by atoms with van der Waals surface area (Å²) < 4.78 is 5.51. The Morgan fingerprint density at radius 3 is 2.68 bits per heavy atom. The predicted molar refractivity (Wildman–Crippen MR) is 79.0 cm³/mol. The van der Waals surface area contributed by atoms with E-state index < -0.39 is 0 Å². The monoisotopic (exact) mass is 301 g/mol. The van der Waals surface area contributed by atoms with Crippen molar-refractivity contribution < 1.29 is 9.53 Å². The molecule has 0 aliphatic rings. The molecule has 0 aromatic heterocycles. The van der Waals surface area contributed by atoms with Crippen LogP contribution in [0.25, 0.3) is 0 Å². The average molecular weight is 302 g/mol. The van der Waals surface area contributed by atoms with Crippen molar-refractivity contribution in [2.24, 2.45) is 5.73 Å². The summed E-state index contributed by atoms with van der Waals surface area (Å²) in [5.41, 5.74) is 10.7. The molecule has 0 spiro atoms. The first-order chi connectivity index (χ1) is 8.88. The molecule has 0 heterocycles. The van der Waals surface area contributed by atoms with Crippen LogP contribution < -0.4 is 21.3 Å². The second-order valence-electron chi connectivity index (χ2n) is 4.15. The van der Waals surface area contributed by atoms with Gasteiger partial charge in [0.25, 0.3) is 0 Å². The molecule has 19 heavy (non-hydrogen) atoms. The molecule has 5 nitrogen and oxygen atoms in total. The molecule has 0 aliphatic heterocycles. The van der Waals surface area contributed by atoms with Crippen LogP contribution in [0.15, 0.2) is 18.2 Å². The number of ether oxygens (including phenoxy) is 1. The number of benzene rings is 1. The Kier molecular flexibility index (Phi) is 5.85. The molecule has 4 N–H and O–H groups in total. The molecule has 0 fully saturated rings. The fraction of sp³-hybridized carbons (Fsp3) is 0.333. The van der Waals surface area contributed by atoms with Gasteiger partial charge in [-0.05, 0) is 43.8 Å². The highest BCUT2D eigenvalue weighted by Crippen LogP contribution is 2.26. The Labute approximate surface area is 122 Å². The van der Waals surface area contributed by atoms with Crippen molar-refractivity contribution in [3.05, 3.63) is 28.8 Å². The zero-order chi connectivity index (χ0) is 14.4. The Balaban J connectivity index is 2.63. The summed E-state index contributed by atoms with van der Waals surface area (Å²) in [5, 5.41) is 0.480. The van der Waals surface area contributed by atoms with Crippen molar-refractivity contribution >= 4 is 34.8 Å². The Bertz CT molecular complexity index is 480. The number of rotatable bonds is 4. The van der Waals surface area contributed by atoms with Crippen LogP contribution in [0.5, 0.6) is 5.75 Å². The summed E-state index contributed by atoms with van der Waals surface area (Å²) >= 11 is 10.6. The Morgan fingerprint density at radius 2 is 2.16 bits per heavy atom. The average Bonchev–Trinajstić information content (AvgIpc) is 2.29. The lowest BCUT2D eigenvalue weighted by Gasteiger charge is -2.12. The van der Waals surface area contributed by atoms with E-state index in [2.05, 4.69) is 23.1 Å². The largest absolute Gasteiger partial charge is 0.489 e. The van der Waals surface area contributed by atoms with Gasteiger partial charge in [-0.1, -0.05) is 17.7 Å². The molecule has 0 saturated carbocycles. The molecule has 7 heteroatoms. The third-order valence-electron chi connectivity index (χ3n) is 2.05. The fourth-order valence-corrected chi connectivity index (χ4v) is 1.66. The summed E-state index contributed by atoms with van der Waals surface area (Å²) in [4.78, 5) is 11.5. The van der Waals surface area contributed by atoms with Crippen LogP contribution in [-0.2, 0) is 11.2 Å². The van der Waals surface area contributed by atoms with E-state index in [1.54, 1.807) is 18.2 Å². The van der Waals surface area contributed by atoms with Crippen LogP contribution in [0.3, 0.4) is 0 Å². The van der Waals surface area contributed by atoms with Gasteiger partial charge in [0.15, 0.2) is 5.11 Å². The molecule has 1 rings (SSSR count). The standard InChI is InChI=1S/C12H16ClN3O2S/c1-7(2)18-10-4-3-8(5-9(10)13)6-11(17)15-16-12(14)19/h3-5,7H,6H2,1-2H3,(H,15,17)(H3,14,16,19). The summed E-state index contributed by atoms with van der Waals surface area (Å²) in [6.45, 7) is 3.83. The Morgan fingerprint density at radius 1 is 1.47 bits per heavy atom. The number of hydrogen-bond donors (Lipinski definition) is 3. The number of hydrogen-bond acceptors (Lipinski definition) is 3. The number of thiocarbonyl (C=S) groups is 1. The van der Waals surface area contributed by atoms with Crippen molar-refractivity contribution in [3.8, 4) is 5.75 Å². The smallest absolute Gasteiger partial charge is 0.242 e. The van der Waals surface area contributed by atoms with E-state index in [1.165, 1.54) is 0 Å². The summed E-state index contributed by atoms with van der Waals surface area (Å²) in [5.74, 6) is 0.337. The van der Waals surface area contributed by atoms with Crippen LogP contribution in [0, 0.1) is 0 Å². The summed E-state index contributed by atoms with van der Waals surface area (Å²) in [6, 6.07) is 5.22. The highest BCUT2D eigenvalue weighted by Gasteiger charge is 2.08. The van der Waals surface area contributed by atoms with Gasteiger partial charge in [0.1, 0.15) is 5.75 Å². The fourth-order valence-electron chi connectivity index (χ4n) is 1.36. The third kappa shape index (κ3) is 5.76. The van der Waals surface area contributed by atoms with Crippen LogP contribution in [0.2, 0.25) is 5.02 Å². The Hall–Kier alpha value is -1.53. The molecule has 0 atom stereocenters. The number of carbonyl (C=O) groups excluding carboxylic acids is 1. The van der Waals surface area contributed by atoms with Gasteiger partial charge in [0.2, 0.25) is 5.91 Å². The van der Waals surface area contributed by atoms with Crippen molar-refractivity contribution in [3.63, 3.8) is 0 Å². The zero-order valence-corrected chi connectivity index (χ0v) is 12.3. The minimum Gasteiger partial charge on any atom is -0.489 e. The van der Waals surface area contributed by atoms with E-state index in [0.717, 1.165) is 5.56 Å². The quantitative estimate of drug-likeness (QED) is 0.581. The van der Waals surface area contributed by atoms with Gasteiger partial charge >= 0.3 is 0 Å². The van der Waals surface area contributed by atoms with Crippen molar-refractivity contribution in [1.29, 1.82) is 0 Å². The molecule has 1 aromatic carbocycles. The van der Waals surface area contributed by atoms with Gasteiger partial charge in [-0.3, -0.25) is 15.6 Å². The van der Waals surface area contributed by atoms with Crippen LogP contribution in [0.4, 0.5) is 0 Å². The first-order valence-electron chi connectivity index (χ1n) is 5.68. The second-order valence-corrected chi connectivity index (χ2v) is 4.99. The molecule has 0 bridgehead atoms. The third-order valence-corrected chi connectivity index (χ3v) is 2.45. The molecule has 0 saturated heterocycles. The van der Waals surface area contributed by atoms with E-state index in [-0.39, 0.29) is 23.5 Å². The predicted octanol–water partition coefficient (Wildman–Crippen LogP) is 1.53. The van der Waals surface area contributed by atoms with E-state index in [9.17, 15) is 4.79 Å². The topological polar surface area (TPSA) is 76.4 Å². The van der Waals surface area contributed by atoms with E-state index >= 15 is 0 Å². The van der Waals surface area contributed by atoms with Crippen molar-refractivity contribution in [2.75, 3.05) is 0 Å². The second kappa shape index (κ2) is 7.16. The van der Waals surface area contributed by atoms with Crippen molar-refractivity contribution in [1.82, 2.24) is 10.9 Å². The lowest BCUT2D eigenvalue weighted by molar-refractivity contribution is -0.121. The van der Waals surface area contributed by atoms with Crippen LogP contribution >= 0.6 is 23.8 Å². The zero-order valence-electron chi connectivity index (χ0n) is 10.7. The highest BCUT2D eigenvalue weighted by molar-refractivity contribution is 7.80. The van der Waals surface area contributed by atoms with E-state index in [4.69, 9.17) is 22.1 Å². The normalized spacial score (nSPS) is 10.1. The number of halogens is 1. The molecule has 104 valence electrons.